The second kappa shape index (κ2) is 5.87. The van der Waals surface area contributed by atoms with E-state index in [1.54, 1.807) is 0 Å². The minimum absolute atomic E-state index is 0.150. The lowest BCUT2D eigenvalue weighted by molar-refractivity contribution is -0.134. The first-order chi connectivity index (χ1) is 8.18. The van der Waals surface area contributed by atoms with Crippen LogP contribution in [0.5, 0.6) is 0 Å². The molecule has 0 aromatic carbocycles. The molecule has 1 unspecified atom stereocenters. The molecule has 106 valence electrons. The van der Waals surface area contributed by atoms with Crippen LogP contribution in [0.4, 0.5) is 13.2 Å². The topological polar surface area (TPSA) is 75.3 Å². The molecule has 0 aromatic rings. The Kier molecular flexibility index (Phi) is 4.97. The molecule has 0 radical (unpaired) electrons. The van der Waals surface area contributed by atoms with E-state index in [2.05, 4.69) is 10.0 Å². The van der Waals surface area contributed by atoms with E-state index in [1.165, 1.54) is 0 Å². The van der Waals surface area contributed by atoms with Crippen LogP contribution in [-0.4, -0.2) is 38.8 Å². The van der Waals surface area contributed by atoms with Crippen LogP contribution in [0.2, 0.25) is 0 Å². The monoisotopic (exact) mass is 288 g/mol. The Labute approximate surface area is 103 Å². The molecule has 1 fully saturated rings. The van der Waals surface area contributed by atoms with Gasteiger partial charge in [0.05, 0.1) is 5.75 Å². The predicted molar refractivity (Wildman–Crippen MR) is 58.2 cm³/mol. The molecular formula is C9H15F3N2O3S. The van der Waals surface area contributed by atoms with Gasteiger partial charge in [-0.2, -0.15) is 13.2 Å². The highest BCUT2D eigenvalue weighted by Gasteiger charge is 2.28. The zero-order valence-electron chi connectivity index (χ0n) is 9.59. The van der Waals surface area contributed by atoms with E-state index in [0.29, 0.717) is 6.42 Å². The van der Waals surface area contributed by atoms with Gasteiger partial charge in [-0.05, 0) is 12.8 Å². The molecule has 0 bridgehead atoms. The molecule has 1 aliphatic rings. The zero-order valence-corrected chi connectivity index (χ0v) is 10.4. The summed E-state index contributed by atoms with van der Waals surface area (Å²) in [6.45, 7) is 0.178. The summed E-state index contributed by atoms with van der Waals surface area (Å²) >= 11 is 0. The minimum Gasteiger partial charge on any atom is -0.355 e. The van der Waals surface area contributed by atoms with E-state index < -0.39 is 40.8 Å². The Hall–Kier alpha value is -0.830. The van der Waals surface area contributed by atoms with E-state index in [4.69, 9.17) is 0 Å². The van der Waals surface area contributed by atoms with Crippen LogP contribution in [0.3, 0.4) is 0 Å². The summed E-state index contributed by atoms with van der Waals surface area (Å²) in [6.07, 6.45) is -5.33. The Bertz CT molecular complexity index is 384. The maximum Gasteiger partial charge on any atom is 0.389 e. The number of rotatable bonds is 5. The Balaban J connectivity index is 2.33. The average Bonchev–Trinajstić information content (AvgIpc) is 2.18. The van der Waals surface area contributed by atoms with Crippen molar-refractivity contribution in [1.29, 1.82) is 0 Å². The van der Waals surface area contributed by atoms with E-state index in [1.807, 2.05) is 0 Å². The molecule has 9 heteroatoms. The summed E-state index contributed by atoms with van der Waals surface area (Å²) < 4.78 is 60.9. The quantitative estimate of drug-likeness (QED) is 0.775. The van der Waals surface area contributed by atoms with Gasteiger partial charge in [0, 0.05) is 25.4 Å². The normalized spacial score (nSPS) is 21.7. The highest BCUT2D eigenvalue weighted by molar-refractivity contribution is 7.89. The molecular weight excluding hydrogens is 273 g/mol. The minimum atomic E-state index is -4.34. The van der Waals surface area contributed by atoms with Gasteiger partial charge in [0.15, 0.2) is 0 Å². The standard InChI is InChI=1S/C9H15F3N2O3S/c10-9(11,12)4-1-5-18(16,17)14-7-2-3-8(15)13-6-7/h7,14H,1-6H2,(H,13,15). The number of amides is 1. The van der Waals surface area contributed by atoms with Crippen LogP contribution in [0.15, 0.2) is 0 Å². The molecule has 0 saturated carbocycles. The van der Waals surface area contributed by atoms with Crippen molar-refractivity contribution in [3.8, 4) is 0 Å². The van der Waals surface area contributed by atoms with Gasteiger partial charge in [-0.1, -0.05) is 0 Å². The van der Waals surface area contributed by atoms with Crippen LogP contribution in [-0.2, 0) is 14.8 Å². The molecule has 1 rings (SSSR count). The van der Waals surface area contributed by atoms with Crippen LogP contribution < -0.4 is 10.0 Å². The summed E-state index contributed by atoms with van der Waals surface area (Å²) in [4.78, 5) is 10.8. The first kappa shape index (κ1) is 15.2. The van der Waals surface area contributed by atoms with Gasteiger partial charge >= 0.3 is 6.18 Å². The highest BCUT2D eigenvalue weighted by atomic mass is 32.2. The van der Waals surface area contributed by atoms with Gasteiger partial charge < -0.3 is 5.32 Å². The lowest BCUT2D eigenvalue weighted by atomic mass is 10.1. The predicted octanol–water partition coefficient (Wildman–Crippen LogP) is 0.527. The lowest BCUT2D eigenvalue weighted by Gasteiger charge is -2.23. The summed E-state index contributed by atoms with van der Waals surface area (Å²) in [5.41, 5.74) is 0. The highest BCUT2D eigenvalue weighted by Crippen LogP contribution is 2.21. The van der Waals surface area contributed by atoms with Gasteiger partial charge in [-0.15, -0.1) is 0 Å². The number of piperidine rings is 1. The summed E-state index contributed by atoms with van der Waals surface area (Å²) in [7, 11) is -3.72. The molecule has 5 nitrogen and oxygen atoms in total. The number of nitrogens with one attached hydrogen (secondary N) is 2. The van der Waals surface area contributed by atoms with Crippen molar-refractivity contribution < 1.29 is 26.4 Å². The lowest BCUT2D eigenvalue weighted by Crippen LogP contribution is -2.48. The van der Waals surface area contributed by atoms with Crippen molar-refractivity contribution in [1.82, 2.24) is 10.0 Å². The molecule has 1 saturated heterocycles. The van der Waals surface area contributed by atoms with E-state index in [9.17, 15) is 26.4 Å². The number of carbonyl (C=O) groups excluding carboxylic acids is 1. The maximum atomic E-state index is 11.9. The summed E-state index contributed by atoms with van der Waals surface area (Å²) in [5.74, 6) is -0.709. The molecule has 0 aromatic heterocycles. The number of sulfonamides is 1. The van der Waals surface area contributed by atoms with Gasteiger partial charge in [-0.3, -0.25) is 4.79 Å². The second-order valence-corrected chi connectivity index (χ2v) is 6.07. The van der Waals surface area contributed by atoms with Crippen LogP contribution in [0.25, 0.3) is 0 Å². The van der Waals surface area contributed by atoms with Crippen molar-refractivity contribution >= 4 is 15.9 Å². The number of halogens is 3. The van der Waals surface area contributed by atoms with Crippen molar-refractivity contribution in [3.63, 3.8) is 0 Å². The van der Waals surface area contributed by atoms with E-state index in [0.717, 1.165) is 0 Å². The molecule has 18 heavy (non-hydrogen) atoms. The third-order valence-corrected chi connectivity index (χ3v) is 4.00. The van der Waals surface area contributed by atoms with Gasteiger partial charge in [0.25, 0.3) is 0 Å². The average molecular weight is 288 g/mol. The Morgan fingerprint density at radius 1 is 1.39 bits per heavy atom. The molecule has 0 aliphatic carbocycles. The first-order valence-electron chi connectivity index (χ1n) is 5.51. The SMILES string of the molecule is O=C1CCC(NS(=O)(=O)CCCC(F)(F)F)CN1. The maximum absolute atomic E-state index is 11.9. The molecule has 1 aliphatic heterocycles. The van der Waals surface area contributed by atoms with Crippen LogP contribution in [0.1, 0.15) is 25.7 Å². The molecule has 2 N–H and O–H groups in total. The molecule has 0 spiro atoms. The number of hydrogen-bond acceptors (Lipinski definition) is 3. The first-order valence-corrected chi connectivity index (χ1v) is 7.17. The zero-order chi connectivity index (χ0) is 13.8. The van der Waals surface area contributed by atoms with Crippen LogP contribution >= 0.6 is 0 Å². The van der Waals surface area contributed by atoms with Crippen molar-refractivity contribution in [2.75, 3.05) is 12.3 Å². The largest absolute Gasteiger partial charge is 0.389 e. The fourth-order valence-corrected chi connectivity index (χ4v) is 2.96. The number of hydrogen-bond donors (Lipinski definition) is 2. The van der Waals surface area contributed by atoms with E-state index in [-0.39, 0.29) is 18.9 Å². The smallest absolute Gasteiger partial charge is 0.355 e. The molecule has 1 atom stereocenters. The summed E-state index contributed by atoms with van der Waals surface area (Å²) in [6, 6.07) is -0.432. The van der Waals surface area contributed by atoms with Gasteiger partial charge in [-0.25, -0.2) is 13.1 Å². The summed E-state index contributed by atoms with van der Waals surface area (Å²) in [5, 5.41) is 2.49. The number of carbonyl (C=O) groups is 1. The third-order valence-electron chi connectivity index (χ3n) is 2.49. The van der Waals surface area contributed by atoms with Crippen molar-refractivity contribution in [3.05, 3.63) is 0 Å². The molecule has 1 amide bonds. The Morgan fingerprint density at radius 3 is 2.56 bits per heavy atom. The van der Waals surface area contributed by atoms with Crippen molar-refractivity contribution in [2.45, 2.75) is 37.9 Å². The van der Waals surface area contributed by atoms with Gasteiger partial charge in [0.1, 0.15) is 0 Å². The van der Waals surface area contributed by atoms with E-state index >= 15 is 0 Å². The fraction of sp³-hybridized carbons (Fsp3) is 0.889. The third kappa shape index (κ3) is 6.20. The second-order valence-electron chi connectivity index (χ2n) is 4.20. The van der Waals surface area contributed by atoms with Crippen molar-refractivity contribution in [2.24, 2.45) is 0 Å². The Morgan fingerprint density at radius 2 is 2.06 bits per heavy atom. The molecule has 1 heterocycles. The fourth-order valence-electron chi connectivity index (χ4n) is 1.61. The van der Waals surface area contributed by atoms with Crippen LogP contribution in [0, 0.1) is 0 Å². The number of alkyl halides is 3. The van der Waals surface area contributed by atoms with Gasteiger partial charge in [0.2, 0.25) is 15.9 Å².